The third kappa shape index (κ3) is 2.77. The van der Waals surface area contributed by atoms with Crippen molar-refractivity contribution in [3.63, 3.8) is 0 Å². The molecule has 0 aromatic carbocycles. The largest absolute Gasteiger partial charge is 0.347 e. The van der Waals surface area contributed by atoms with Crippen LogP contribution in [-0.2, 0) is 4.79 Å². The fraction of sp³-hybridized carbons (Fsp3) is 0.600. The molecule has 2 heterocycles. The Kier molecular flexibility index (Phi) is 3.87. The van der Waals surface area contributed by atoms with Crippen LogP contribution in [-0.4, -0.2) is 52.4 Å². The van der Waals surface area contributed by atoms with E-state index >= 15 is 0 Å². The molecule has 5 heteroatoms. The molecule has 0 spiro atoms. The summed E-state index contributed by atoms with van der Waals surface area (Å²) in [7, 11) is 2.09. The third-order valence-corrected chi connectivity index (χ3v) is 4.38. The number of piperazine rings is 1. The molecular formula is C15H22N4O. The highest BCUT2D eigenvalue weighted by molar-refractivity contribution is 5.77. The van der Waals surface area contributed by atoms with Crippen LogP contribution in [0.3, 0.4) is 0 Å². The minimum Gasteiger partial charge on any atom is -0.347 e. The Labute approximate surface area is 119 Å². The molecule has 1 saturated heterocycles. The number of carbonyl (C=O) groups is 1. The fourth-order valence-electron chi connectivity index (χ4n) is 3.07. The average molecular weight is 274 g/mol. The Morgan fingerprint density at radius 2 is 2.40 bits per heavy atom. The number of nitrogens with zero attached hydrogens (tertiary/aromatic N) is 3. The van der Waals surface area contributed by atoms with E-state index in [0.717, 1.165) is 38.3 Å². The second kappa shape index (κ2) is 5.79. The van der Waals surface area contributed by atoms with E-state index in [0.29, 0.717) is 12.3 Å². The number of aromatic nitrogens is 2. The Morgan fingerprint density at radius 1 is 1.50 bits per heavy atom. The number of likely N-dealkylation sites (N-methyl/N-ethyl adjacent to an activating group) is 1. The van der Waals surface area contributed by atoms with Gasteiger partial charge < -0.3 is 9.88 Å². The van der Waals surface area contributed by atoms with Gasteiger partial charge in [-0.15, -0.1) is 0 Å². The Balaban J connectivity index is 1.62. The summed E-state index contributed by atoms with van der Waals surface area (Å²) < 4.78 is 0. The van der Waals surface area contributed by atoms with Crippen molar-refractivity contribution in [3.05, 3.63) is 30.4 Å². The number of amides is 1. The van der Waals surface area contributed by atoms with Crippen LogP contribution in [0.5, 0.6) is 0 Å². The van der Waals surface area contributed by atoms with Crippen molar-refractivity contribution in [1.82, 2.24) is 19.8 Å². The second-order valence-corrected chi connectivity index (χ2v) is 5.78. The zero-order chi connectivity index (χ0) is 13.9. The number of hydrogen-bond acceptors (Lipinski definition) is 3. The van der Waals surface area contributed by atoms with Gasteiger partial charge in [0.1, 0.15) is 5.82 Å². The molecule has 20 heavy (non-hydrogen) atoms. The van der Waals surface area contributed by atoms with Crippen molar-refractivity contribution in [1.29, 1.82) is 0 Å². The third-order valence-electron chi connectivity index (χ3n) is 4.38. The molecule has 1 aromatic rings. The van der Waals surface area contributed by atoms with Crippen LogP contribution in [0, 0.1) is 5.92 Å². The number of aromatic amines is 1. The van der Waals surface area contributed by atoms with Crippen molar-refractivity contribution in [2.24, 2.45) is 5.92 Å². The topological polar surface area (TPSA) is 52.2 Å². The van der Waals surface area contributed by atoms with Gasteiger partial charge in [-0.1, -0.05) is 12.2 Å². The van der Waals surface area contributed by atoms with Crippen LogP contribution in [0.15, 0.2) is 24.5 Å². The van der Waals surface area contributed by atoms with Crippen LogP contribution in [0.1, 0.15) is 31.1 Å². The molecule has 0 bridgehead atoms. The fourth-order valence-corrected chi connectivity index (χ4v) is 3.07. The molecule has 2 aliphatic rings. The number of rotatable bonds is 3. The summed E-state index contributed by atoms with van der Waals surface area (Å²) in [4.78, 5) is 24.2. The molecule has 1 aromatic heterocycles. The highest BCUT2D eigenvalue weighted by atomic mass is 16.2. The van der Waals surface area contributed by atoms with Gasteiger partial charge in [0.2, 0.25) is 5.91 Å². The van der Waals surface area contributed by atoms with E-state index in [4.69, 9.17) is 0 Å². The predicted octanol–water partition coefficient (Wildman–Crippen LogP) is 1.58. The van der Waals surface area contributed by atoms with Gasteiger partial charge in [-0.3, -0.25) is 9.69 Å². The molecule has 1 aliphatic heterocycles. The van der Waals surface area contributed by atoms with E-state index in [1.165, 1.54) is 0 Å². The van der Waals surface area contributed by atoms with Crippen LogP contribution < -0.4 is 0 Å². The van der Waals surface area contributed by atoms with E-state index in [2.05, 4.69) is 34.1 Å². The summed E-state index contributed by atoms with van der Waals surface area (Å²) in [6, 6.07) is 0.182. The summed E-state index contributed by atoms with van der Waals surface area (Å²) in [5.41, 5.74) is 0. The maximum Gasteiger partial charge on any atom is 0.223 e. The molecular weight excluding hydrogens is 252 g/mol. The number of nitrogens with one attached hydrogen (secondary N) is 1. The van der Waals surface area contributed by atoms with Crippen LogP contribution in [0.4, 0.5) is 0 Å². The maximum atomic E-state index is 12.4. The average Bonchev–Trinajstić information content (AvgIpc) is 3.11. The van der Waals surface area contributed by atoms with Crippen LogP contribution in [0.25, 0.3) is 0 Å². The second-order valence-electron chi connectivity index (χ2n) is 5.78. The minimum atomic E-state index is 0.182. The van der Waals surface area contributed by atoms with Gasteiger partial charge in [-0.05, 0) is 25.8 Å². The van der Waals surface area contributed by atoms with E-state index in [1.807, 2.05) is 11.1 Å². The number of allylic oxidation sites excluding steroid dienone is 2. The highest BCUT2D eigenvalue weighted by Crippen LogP contribution is 2.25. The molecule has 1 amide bonds. The first-order valence-electron chi connectivity index (χ1n) is 7.38. The lowest BCUT2D eigenvalue weighted by molar-refractivity contribution is -0.134. The van der Waals surface area contributed by atoms with Crippen molar-refractivity contribution in [2.45, 2.75) is 25.3 Å². The maximum absolute atomic E-state index is 12.4. The van der Waals surface area contributed by atoms with Crippen molar-refractivity contribution >= 4 is 5.91 Å². The standard InChI is InChI=1S/C15H22N4O/c1-18-8-9-19(11-13(18)15-16-6-7-17-15)14(20)10-12-4-2-3-5-12/h2,4,6-7,12-13H,3,5,8-11H2,1H3,(H,16,17)/t12-,13-/m0/s1. The quantitative estimate of drug-likeness (QED) is 0.851. The number of imidazole rings is 1. The minimum absolute atomic E-state index is 0.182. The zero-order valence-corrected chi connectivity index (χ0v) is 12.0. The van der Waals surface area contributed by atoms with Gasteiger partial charge in [-0.2, -0.15) is 0 Å². The van der Waals surface area contributed by atoms with Crippen molar-refractivity contribution in [2.75, 3.05) is 26.7 Å². The first-order chi connectivity index (χ1) is 9.74. The van der Waals surface area contributed by atoms with E-state index in [9.17, 15) is 4.79 Å². The lowest BCUT2D eigenvalue weighted by atomic mass is 10.0. The van der Waals surface area contributed by atoms with Gasteiger partial charge >= 0.3 is 0 Å². The summed E-state index contributed by atoms with van der Waals surface area (Å²) in [6.45, 7) is 2.46. The molecule has 0 saturated carbocycles. The lowest BCUT2D eigenvalue weighted by Gasteiger charge is -2.38. The summed E-state index contributed by atoms with van der Waals surface area (Å²) in [5.74, 6) is 1.68. The molecule has 5 nitrogen and oxygen atoms in total. The van der Waals surface area contributed by atoms with Gasteiger partial charge in [0.05, 0.1) is 6.04 Å². The van der Waals surface area contributed by atoms with E-state index in [1.54, 1.807) is 6.20 Å². The molecule has 3 rings (SSSR count). The van der Waals surface area contributed by atoms with Crippen LogP contribution in [0.2, 0.25) is 0 Å². The van der Waals surface area contributed by atoms with E-state index in [-0.39, 0.29) is 11.9 Å². The molecule has 0 unspecified atom stereocenters. The zero-order valence-electron chi connectivity index (χ0n) is 12.0. The summed E-state index contributed by atoms with van der Waals surface area (Å²) in [5, 5.41) is 0. The normalized spacial score (nSPS) is 27.1. The van der Waals surface area contributed by atoms with Crippen molar-refractivity contribution < 1.29 is 4.79 Å². The molecule has 1 aliphatic carbocycles. The SMILES string of the molecule is CN1CCN(C(=O)C[C@H]2C=CCC2)C[C@H]1c1ncc[nH]1. The first kappa shape index (κ1) is 13.4. The van der Waals surface area contributed by atoms with Gasteiger partial charge in [0, 0.05) is 38.4 Å². The van der Waals surface area contributed by atoms with E-state index < -0.39 is 0 Å². The van der Waals surface area contributed by atoms with Gasteiger partial charge in [0.25, 0.3) is 0 Å². The smallest absolute Gasteiger partial charge is 0.223 e. The van der Waals surface area contributed by atoms with Gasteiger partial charge in [-0.25, -0.2) is 4.98 Å². The lowest BCUT2D eigenvalue weighted by Crippen LogP contribution is -2.49. The monoisotopic (exact) mass is 274 g/mol. The van der Waals surface area contributed by atoms with Gasteiger partial charge in [0.15, 0.2) is 0 Å². The molecule has 0 radical (unpaired) electrons. The number of hydrogen-bond donors (Lipinski definition) is 1. The highest BCUT2D eigenvalue weighted by Gasteiger charge is 2.30. The first-order valence-corrected chi connectivity index (χ1v) is 7.38. The molecule has 108 valence electrons. The Morgan fingerprint density at radius 3 is 3.10 bits per heavy atom. The number of H-pyrrole nitrogens is 1. The van der Waals surface area contributed by atoms with Crippen molar-refractivity contribution in [3.8, 4) is 0 Å². The van der Waals surface area contributed by atoms with Crippen LogP contribution >= 0.6 is 0 Å². The number of carbonyl (C=O) groups excluding carboxylic acids is 1. The predicted molar refractivity (Wildman–Crippen MR) is 77.0 cm³/mol. The Hall–Kier alpha value is -1.62. The summed E-state index contributed by atoms with van der Waals surface area (Å²) >= 11 is 0. The summed E-state index contributed by atoms with van der Waals surface area (Å²) in [6.07, 6.45) is 10.9. The molecule has 1 fully saturated rings. The Bertz CT molecular complexity index is 482. The molecule has 2 atom stereocenters. The molecule has 1 N–H and O–H groups in total.